The van der Waals surface area contributed by atoms with Crippen molar-refractivity contribution >= 4 is 0 Å². The molecule has 0 aliphatic carbocycles. The van der Waals surface area contributed by atoms with E-state index < -0.39 is 0 Å². The van der Waals surface area contributed by atoms with Gasteiger partial charge in [-0.05, 0) is 19.4 Å². The van der Waals surface area contributed by atoms with Crippen molar-refractivity contribution in [3.63, 3.8) is 0 Å². The Morgan fingerprint density at radius 1 is 1.16 bits per heavy atom. The van der Waals surface area contributed by atoms with E-state index in [-0.39, 0.29) is 25.7 Å². The molecule has 0 unspecified atom stereocenters. The Morgan fingerprint density at radius 2 is 1.95 bits per heavy atom. The molecule has 0 heterocycles. The van der Waals surface area contributed by atoms with Crippen LogP contribution in [0.25, 0.3) is 11.1 Å². The molecule has 2 nitrogen and oxygen atoms in total. The van der Waals surface area contributed by atoms with Crippen molar-refractivity contribution in [2.75, 3.05) is 13.9 Å². The molecule has 0 saturated carbocycles. The minimum Gasteiger partial charge on any atom is -0.476 e. The summed E-state index contributed by atoms with van der Waals surface area (Å²) in [4.78, 5) is 0. The second-order valence-corrected chi connectivity index (χ2v) is 4.29. The molecular weight excluding hydrogens is 231 g/mol. The Morgan fingerprint density at radius 3 is 2.58 bits per heavy atom. The average Bonchev–Trinajstić information content (AvgIpc) is 2.38. The van der Waals surface area contributed by atoms with E-state index in [1.165, 1.54) is 5.56 Å². The summed E-state index contributed by atoms with van der Waals surface area (Å²) in [7, 11) is 1.62. The van der Waals surface area contributed by atoms with Gasteiger partial charge in [0.2, 0.25) is 0 Å². The molecule has 3 heteroatoms. The van der Waals surface area contributed by atoms with Crippen LogP contribution in [0.15, 0.2) is 36.4 Å². The van der Waals surface area contributed by atoms with Gasteiger partial charge in [0, 0.05) is 7.11 Å². The van der Waals surface area contributed by atoms with Crippen LogP contribution in [0.3, 0.4) is 0 Å². The van der Waals surface area contributed by atoms with Crippen LogP contribution in [0.5, 0.6) is 5.75 Å². The summed E-state index contributed by atoms with van der Waals surface area (Å²) in [6.07, 6.45) is 0. The van der Waals surface area contributed by atoms with Crippen LogP contribution in [0.1, 0.15) is 11.1 Å². The maximum atomic E-state index is 5.68. The summed E-state index contributed by atoms with van der Waals surface area (Å²) in [5, 5.41) is 0. The van der Waals surface area contributed by atoms with Crippen LogP contribution in [0, 0.1) is 19.9 Å². The van der Waals surface area contributed by atoms with Gasteiger partial charge in [-0.25, -0.2) is 0 Å². The molecule has 2 rings (SSSR count). The van der Waals surface area contributed by atoms with E-state index in [9.17, 15) is 0 Å². The van der Waals surface area contributed by atoms with Crippen molar-refractivity contribution in [2.45, 2.75) is 13.8 Å². The molecule has 0 spiro atoms. The van der Waals surface area contributed by atoms with Crippen molar-refractivity contribution in [2.24, 2.45) is 0 Å². The minimum absolute atomic E-state index is 0. The fraction of sp³-hybridized carbons (Fsp3) is 0.250. The van der Waals surface area contributed by atoms with Crippen molar-refractivity contribution in [3.05, 3.63) is 53.6 Å². The van der Waals surface area contributed by atoms with Crippen LogP contribution >= 0.6 is 0 Å². The SMILES string of the molecule is COCOc1c(C)cc(C)cc1-c1[c-]cccc1.[Li+]. The Balaban J connectivity index is 0.00000180. The first-order valence-corrected chi connectivity index (χ1v) is 5.92. The number of hydrogen-bond donors (Lipinski definition) is 0. The average molecular weight is 248 g/mol. The second kappa shape index (κ2) is 7.40. The maximum Gasteiger partial charge on any atom is 1.00 e. The molecule has 94 valence electrons. The molecule has 0 aliphatic rings. The van der Waals surface area contributed by atoms with Gasteiger partial charge < -0.3 is 9.47 Å². The van der Waals surface area contributed by atoms with E-state index >= 15 is 0 Å². The van der Waals surface area contributed by atoms with Crippen LogP contribution in [-0.2, 0) is 4.74 Å². The molecule has 2 aromatic rings. The minimum atomic E-state index is 0. The summed E-state index contributed by atoms with van der Waals surface area (Å²) < 4.78 is 10.7. The Labute approximate surface area is 126 Å². The van der Waals surface area contributed by atoms with E-state index in [0.29, 0.717) is 0 Å². The maximum absolute atomic E-state index is 5.68. The molecule has 0 fully saturated rings. The van der Waals surface area contributed by atoms with E-state index in [1.54, 1.807) is 7.11 Å². The van der Waals surface area contributed by atoms with Crippen LogP contribution in [0.4, 0.5) is 0 Å². The van der Waals surface area contributed by atoms with E-state index in [0.717, 1.165) is 22.4 Å². The zero-order valence-electron chi connectivity index (χ0n) is 12.0. The third-order valence-electron chi connectivity index (χ3n) is 2.74. The fourth-order valence-electron chi connectivity index (χ4n) is 2.02. The molecule has 0 aromatic heterocycles. The smallest absolute Gasteiger partial charge is 0.476 e. The monoisotopic (exact) mass is 248 g/mol. The van der Waals surface area contributed by atoms with E-state index in [4.69, 9.17) is 9.47 Å². The molecular formula is C16H17LiO2. The molecule has 0 radical (unpaired) electrons. The van der Waals surface area contributed by atoms with Gasteiger partial charge in [-0.3, -0.25) is 0 Å². The topological polar surface area (TPSA) is 18.5 Å². The molecule has 0 atom stereocenters. The van der Waals surface area contributed by atoms with Gasteiger partial charge >= 0.3 is 18.9 Å². The van der Waals surface area contributed by atoms with Crippen LogP contribution in [-0.4, -0.2) is 13.9 Å². The third kappa shape index (κ3) is 3.88. The summed E-state index contributed by atoms with van der Waals surface area (Å²) in [6.45, 7) is 4.38. The largest absolute Gasteiger partial charge is 1.00 e. The van der Waals surface area contributed by atoms with Gasteiger partial charge in [-0.15, -0.1) is 35.9 Å². The first-order chi connectivity index (χ1) is 8.72. The van der Waals surface area contributed by atoms with E-state index in [2.05, 4.69) is 25.1 Å². The predicted octanol–water partition coefficient (Wildman–Crippen LogP) is 0.757. The molecule has 19 heavy (non-hydrogen) atoms. The number of methoxy groups -OCH3 is 1. The standard InChI is InChI=1S/C16H17O2.Li/c1-12-9-13(2)16(18-11-17-3)15(10-12)14-7-5-4-6-8-14;/h4-7,9-10H,11H2,1-3H3;/q-1;+1. The Kier molecular flexibility index (Phi) is 6.18. The van der Waals surface area contributed by atoms with Gasteiger partial charge in [-0.2, -0.15) is 0 Å². The quantitative estimate of drug-likeness (QED) is 0.452. The summed E-state index contributed by atoms with van der Waals surface area (Å²) >= 11 is 0. The number of rotatable bonds is 4. The zero-order chi connectivity index (χ0) is 13.0. The molecule has 0 aliphatic heterocycles. The third-order valence-corrected chi connectivity index (χ3v) is 2.74. The Bertz CT molecular complexity index is 524. The molecule has 0 amide bonds. The molecule has 0 saturated heterocycles. The predicted molar refractivity (Wildman–Crippen MR) is 72.7 cm³/mol. The first kappa shape index (κ1) is 15.9. The van der Waals surface area contributed by atoms with Gasteiger partial charge in [0.25, 0.3) is 0 Å². The van der Waals surface area contributed by atoms with Crippen molar-refractivity contribution in [1.29, 1.82) is 0 Å². The Hall–Kier alpha value is -1.20. The van der Waals surface area contributed by atoms with Gasteiger partial charge in [-0.1, -0.05) is 23.3 Å². The molecule has 0 N–H and O–H groups in total. The van der Waals surface area contributed by atoms with Crippen molar-refractivity contribution < 1.29 is 28.3 Å². The van der Waals surface area contributed by atoms with Gasteiger partial charge in [0.1, 0.15) is 0 Å². The summed E-state index contributed by atoms with van der Waals surface area (Å²) in [6, 6.07) is 15.4. The fourth-order valence-corrected chi connectivity index (χ4v) is 2.02. The summed E-state index contributed by atoms with van der Waals surface area (Å²) in [5.74, 6) is 0.866. The van der Waals surface area contributed by atoms with Crippen LogP contribution in [0.2, 0.25) is 0 Å². The summed E-state index contributed by atoms with van der Waals surface area (Å²) in [5.41, 5.74) is 4.42. The molecule has 2 aromatic carbocycles. The van der Waals surface area contributed by atoms with Crippen molar-refractivity contribution in [1.82, 2.24) is 0 Å². The number of ether oxygens (including phenoxy) is 2. The van der Waals surface area contributed by atoms with Gasteiger partial charge in [0.15, 0.2) is 6.79 Å². The zero-order valence-corrected chi connectivity index (χ0v) is 12.0. The van der Waals surface area contributed by atoms with Gasteiger partial charge in [0.05, 0.1) is 5.75 Å². The number of hydrogen-bond acceptors (Lipinski definition) is 2. The van der Waals surface area contributed by atoms with Crippen molar-refractivity contribution in [3.8, 4) is 16.9 Å². The van der Waals surface area contributed by atoms with Crippen LogP contribution < -0.4 is 23.6 Å². The number of aryl methyl sites for hydroxylation is 2. The van der Waals surface area contributed by atoms with E-state index in [1.807, 2.05) is 31.2 Å². The second-order valence-electron chi connectivity index (χ2n) is 4.29. The molecule has 0 bridgehead atoms. The normalized spacial score (nSPS) is 9.84. The first-order valence-electron chi connectivity index (χ1n) is 5.92. The number of benzene rings is 2.